The third-order valence-electron chi connectivity index (χ3n) is 5.83. The molecule has 0 aliphatic heterocycles. The molecule has 12 heteroatoms. The molecule has 0 unspecified atom stereocenters. The van der Waals surface area contributed by atoms with Crippen molar-refractivity contribution in [2.24, 2.45) is 0 Å². The maximum absolute atomic E-state index is 13.8. The number of sulfonamides is 1. The van der Waals surface area contributed by atoms with Gasteiger partial charge in [0.1, 0.15) is 12.6 Å². The molecule has 39 heavy (non-hydrogen) atoms. The second-order valence-corrected chi connectivity index (χ2v) is 12.2. The Morgan fingerprint density at radius 3 is 2.21 bits per heavy atom. The van der Waals surface area contributed by atoms with Crippen LogP contribution in [0.3, 0.4) is 0 Å². The number of carbonyl (C=O) groups is 2. The van der Waals surface area contributed by atoms with E-state index in [2.05, 4.69) is 5.32 Å². The summed E-state index contributed by atoms with van der Waals surface area (Å²) >= 11 is 24.4. The Labute approximate surface area is 248 Å². The van der Waals surface area contributed by atoms with Gasteiger partial charge in [-0.2, -0.15) is 0 Å². The fraction of sp³-hybridized carbons (Fsp3) is 0.259. The molecular weight excluding hydrogens is 604 g/mol. The maximum atomic E-state index is 13.8. The van der Waals surface area contributed by atoms with Crippen LogP contribution in [0.2, 0.25) is 20.1 Å². The fourth-order valence-electron chi connectivity index (χ4n) is 3.71. The van der Waals surface area contributed by atoms with Gasteiger partial charge in [-0.1, -0.05) is 65.5 Å². The second kappa shape index (κ2) is 13.7. The van der Waals surface area contributed by atoms with E-state index >= 15 is 0 Å². The van der Waals surface area contributed by atoms with Gasteiger partial charge in [0.25, 0.3) is 10.0 Å². The first-order valence-electron chi connectivity index (χ1n) is 12.0. The van der Waals surface area contributed by atoms with Crippen molar-refractivity contribution in [3.05, 3.63) is 92.4 Å². The quantitative estimate of drug-likeness (QED) is 0.264. The van der Waals surface area contributed by atoms with Gasteiger partial charge in [-0.05, 0) is 73.5 Å². The highest BCUT2D eigenvalue weighted by Crippen LogP contribution is 2.28. The molecule has 0 aliphatic carbocycles. The molecule has 3 aromatic rings. The van der Waals surface area contributed by atoms with Crippen LogP contribution in [0.1, 0.15) is 25.8 Å². The van der Waals surface area contributed by atoms with Crippen molar-refractivity contribution in [1.29, 1.82) is 0 Å². The van der Waals surface area contributed by atoms with Crippen LogP contribution in [0.15, 0.2) is 71.6 Å². The second-order valence-electron chi connectivity index (χ2n) is 8.68. The number of nitrogens with zero attached hydrogens (tertiary/aromatic N) is 2. The van der Waals surface area contributed by atoms with E-state index in [-0.39, 0.29) is 33.1 Å². The highest BCUT2D eigenvalue weighted by molar-refractivity contribution is 7.92. The van der Waals surface area contributed by atoms with E-state index in [0.29, 0.717) is 28.6 Å². The molecule has 2 amide bonds. The Hall–Kier alpha value is -2.49. The van der Waals surface area contributed by atoms with Crippen molar-refractivity contribution in [2.45, 2.75) is 37.8 Å². The fourth-order valence-corrected chi connectivity index (χ4v) is 5.74. The number of anilines is 1. The highest BCUT2D eigenvalue weighted by atomic mass is 35.5. The van der Waals surface area contributed by atoms with Crippen molar-refractivity contribution in [3.63, 3.8) is 0 Å². The molecule has 0 spiro atoms. The summed E-state index contributed by atoms with van der Waals surface area (Å²) in [7, 11) is -4.23. The average molecular weight is 631 g/mol. The number of nitrogens with one attached hydrogen (secondary N) is 1. The Bertz CT molecular complexity index is 1440. The van der Waals surface area contributed by atoms with Gasteiger partial charge in [0.2, 0.25) is 11.8 Å². The van der Waals surface area contributed by atoms with Crippen molar-refractivity contribution < 1.29 is 18.0 Å². The van der Waals surface area contributed by atoms with Crippen LogP contribution in [-0.2, 0) is 26.2 Å². The zero-order chi connectivity index (χ0) is 28.7. The van der Waals surface area contributed by atoms with Crippen LogP contribution in [0.25, 0.3) is 0 Å². The van der Waals surface area contributed by atoms with Gasteiger partial charge >= 0.3 is 0 Å². The maximum Gasteiger partial charge on any atom is 0.264 e. The van der Waals surface area contributed by atoms with Gasteiger partial charge in [-0.25, -0.2) is 8.42 Å². The molecule has 0 aliphatic rings. The number of halogens is 4. The molecule has 0 heterocycles. The molecule has 3 aromatic carbocycles. The number of amides is 2. The van der Waals surface area contributed by atoms with Gasteiger partial charge in [-0.15, -0.1) is 0 Å². The zero-order valence-corrected chi connectivity index (χ0v) is 25.0. The number of hydrogen-bond acceptors (Lipinski definition) is 4. The standard InChI is InChI=1S/C27H27Cl4N3O4S/c1-3-13-32-27(36)18(2)33(16-19-7-12-24(30)25(31)14-19)26(35)17-34(22-6-4-5-21(29)15-22)39(37,38)23-10-8-20(28)9-11-23/h4-12,14-15,18H,3,13,16-17H2,1-2H3,(H,32,36)/t18-/m0/s1. The predicted molar refractivity (Wildman–Crippen MR) is 157 cm³/mol. The first kappa shape index (κ1) is 31.0. The molecule has 0 bridgehead atoms. The Balaban J connectivity index is 2.03. The van der Waals surface area contributed by atoms with Gasteiger partial charge in [0, 0.05) is 23.1 Å². The first-order valence-corrected chi connectivity index (χ1v) is 14.9. The minimum atomic E-state index is -4.23. The third-order valence-corrected chi connectivity index (χ3v) is 8.84. The SMILES string of the molecule is CCCNC(=O)[C@H](C)N(Cc1ccc(Cl)c(Cl)c1)C(=O)CN(c1cccc(Cl)c1)S(=O)(=O)c1ccc(Cl)cc1. The number of rotatable bonds is 11. The largest absolute Gasteiger partial charge is 0.354 e. The Kier molecular flexibility index (Phi) is 10.9. The summed E-state index contributed by atoms with van der Waals surface area (Å²) in [6.45, 7) is 3.31. The molecule has 0 saturated carbocycles. The number of hydrogen-bond donors (Lipinski definition) is 1. The summed E-state index contributed by atoms with van der Waals surface area (Å²) in [6.07, 6.45) is 0.709. The van der Waals surface area contributed by atoms with E-state index in [4.69, 9.17) is 46.4 Å². The van der Waals surface area contributed by atoms with E-state index in [1.165, 1.54) is 41.3 Å². The van der Waals surface area contributed by atoms with Gasteiger partial charge < -0.3 is 10.2 Å². The van der Waals surface area contributed by atoms with Crippen molar-refractivity contribution in [1.82, 2.24) is 10.2 Å². The Morgan fingerprint density at radius 2 is 1.59 bits per heavy atom. The molecule has 7 nitrogen and oxygen atoms in total. The number of benzene rings is 3. The zero-order valence-electron chi connectivity index (χ0n) is 21.2. The lowest BCUT2D eigenvalue weighted by atomic mass is 10.1. The Morgan fingerprint density at radius 1 is 0.897 bits per heavy atom. The van der Waals surface area contributed by atoms with Crippen LogP contribution in [-0.4, -0.2) is 44.3 Å². The summed E-state index contributed by atoms with van der Waals surface area (Å²) in [5.41, 5.74) is 0.797. The number of carbonyl (C=O) groups excluding carboxylic acids is 2. The third kappa shape index (κ3) is 8.02. The molecule has 0 fully saturated rings. The van der Waals surface area contributed by atoms with Crippen LogP contribution in [0.5, 0.6) is 0 Å². The van der Waals surface area contributed by atoms with Crippen LogP contribution >= 0.6 is 46.4 Å². The lowest BCUT2D eigenvalue weighted by molar-refractivity contribution is -0.139. The molecule has 3 rings (SSSR count). The van der Waals surface area contributed by atoms with E-state index in [0.717, 1.165) is 4.31 Å². The van der Waals surface area contributed by atoms with E-state index in [1.807, 2.05) is 6.92 Å². The molecule has 0 aromatic heterocycles. The molecule has 208 valence electrons. The average Bonchev–Trinajstić information content (AvgIpc) is 2.90. The molecule has 0 saturated heterocycles. The van der Waals surface area contributed by atoms with Crippen molar-refractivity contribution >= 4 is 73.9 Å². The lowest BCUT2D eigenvalue weighted by Gasteiger charge is -2.32. The summed E-state index contributed by atoms with van der Waals surface area (Å²) in [6, 6.07) is 15.7. The van der Waals surface area contributed by atoms with E-state index in [1.54, 1.807) is 37.3 Å². The topological polar surface area (TPSA) is 86.8 Å². The van der Waals surface area contributed by atoms with Gasteiger partial charge in [-0.3, -0.25) is 13.9 Å². The molecule has 1 atom stereocenters. The van der Waals surface area contributed by atoms with Gasteiger partial charge in [0.05, 0.1) is 20.6 Å². The van der Waals surface area contributed by atoms with Gasteiger partial charge in [0.15, 0.2) is 0 Å². The normalized spacial score (nSPS) is 12.1. The summed E-state index contributed by atoms with van der Waals surface area (Å²) in [5.74, 6) is -0.988. The van der Waals surface area contributed by atoms with Crippen LogP contribution in [0.4, 0.5) is 5.69 Å². The van der Waals surface area contributed by atoms with Crippen molar-refractivity contribution in [2.75, 3.05) is 17.4 Å². The molecule has 1 N–H and O–H groups in total. The molecular formula is C27H27Cl4N3O4S. The minimum Gasteiger partial charge on any atom is -0.354 e. The smallest absolute Gasteiger partial charge is 0.264 e. The summed E-state index contributed by atoms with van der Waals surface area (Å²) in [5, 5.41) is 4.06. The predicted octanol–water partition coefficient (Wildman–Crippen LogP) is 6.44. The highest BCUT2D eigenvalue weighted by Gasteiger charge is 2.32. The summed E-state index contributed by atoms with van der Waals surface area (Å²) < 4.78 is 28.5. The van der Waals surface area contributed by atoms with E-state index in [9.17, 15) is 18.0 Å². The minimum absolute atomic E-state index is 0.0131. The van der Waals surface area contributed by atoms with Crippen molar-refractivity contribution in [3.8, 4) is 0 Å². The summed E-state index contributed by atoms with van der Waals surface area (Å²) in [4.78, 5) is 28.0. The lowest BCUT2D eigenvalue weighted by Crippen LogP contribution is -2.51. The van der Waals surface area contributed by atoms with E-state index < -0.39 is 28.5 Å². The molecule has 0 radical (unpaired) electrons. The van der Waals surface area contributed by atoms with Crippen LogP contribution in [0, 0.1) is 0 Å². The first-order chi connectivity index (χ1) is 18.4. The monoisotopic (exact) mass is 629 g/mol. The van der Waals surface area contributed by atoms with Crippen LogP contribution < -0.4 is 9.62 Å².